The standard InChI is InChI=1S/C23H29ClN4O.HI/c1-16(2)22(29)28-13-12-20(15-28)27-23(25-3)26-14-18-6-4-5-7-21(18)17-8-10-19(24)11-9-17;/h4-11,16,20H,12-15H2,1-3H3,(H2,25,26,27);1H. The van der Waals surface area contributed by atoms with E-state index in [1.165, 1.54) is 11.1 Å². The Morgan fingerprint density at radius 1 is 1.20 bits per heavy atom. The van der Waals surface area contributed by atoms with Gasteiger partial charge in [-0.25, -0.2) is 0 Å². The van der Waals surface area contributed by atoms with E-state index in [1.54, 1.807) is 7.05 Å². The molecule has 1 fully saturated rings. The van der Waals surface area contributed by atoms with E-state index in [2.05, 4.69) is 27.8 Å². The van der Waals surface area contributed by atoms with Crippen molar-refractivity contribution in [1.82, 2.24) is 15.5 Å². The molecule has 7 heteroatoms. The summed E-state index contributed by atoms with van der Waals surface area (Å²) in [6.07, 6.45) is 0.931. The zero-order chi connectivity index (χ0) is 20.8. The molecule has 0 bridgehead atoms. The Labute approximate surface area is 201 Å². The van der Waals surface area contributed by atoms with Gasteiger partial charge in [-0.05, 0) is 35.2 Å². The van der Waals surface area contributed by atoms with Crippen molar-refractivity contribution >= 4 is 47.4 Å². The minimum Gasteiger partial charge on any atom is -0.352 e. The zero-order valence-electron chi connectivity index (χ0n) is 17.7. The molecule has 0 saturated carbocycles. The largest absolute Gasteiger partial charge is 0.352 e. The molecular weight excluding hydrogens is 511 g/mol. The van der Waals surface area contributed by atoms with E-state index in [1.807, 2.05) is 55.1 Å². The lowest BCUT2D eigenvalue weighted by molar-refractivity contribution is -0.133. The van der Waals surface area contributed by atoms with Gasteiger partial charge in [0.15, 0.2) is 5.96 Å². The fourth-order valence-corrected chi connectivity index (χ4v) is 3.72. The third-order valence-corrected chi connectivity index (χ3v) is 5.43. The second-order valence-electron chi connectivity index (χ2n) is 7.66. The average molecular weight is 541 g/mol. The van der Waals surface area contributed by atoms with Crippen LogP contribution in [0.3, 0.4) is 0 Å². The number of rotatable bonds is 5. The first-order valence-electron chi connectivity index (χ1n) is 10.1. The quantitative estimate of drug-likeness (QED) is 0.332. The second-order valence-corrected chi connectivity index (χ2v) is 8.10. The van der Waals surface area contributed by atoms with Gasteiger partial charge in [-0.2, -0.15) is 0 Å². The van der Waals surface area contributed by atoms with Crippen molar-refractivity contribution in [2.24, 2.45) is 10.9 Å². The van der Waals surface area contributed by atoms with Crippen LogP contribution >= 0.6 is 35.6 Å². The maximum atomic E-state index is 12.2. The van der Waals surface area contributed by atoms with Gasteiger partial charge in [0.25, 0.3) is 0 Å². The van der Waals surface area contributed by atoms with Gasteiger partial charge in [0.05, 0.1) is 0 Å². The van der Waals surface area contributed by atoms with Crippen LogP contribution in [-0.2, 0) is 11.3 Å². The first kappa shape index (κ1) is 24.5. The summed E-state index contributed by atoms with van der Waals surface area (Å²) in [4.78, 5) is 18.5. The Morgan fingerprint density at radius 3 is 2.57 bits per heavy atom. The van der Waals surface area contributed by atoms with E-state index in [4.69, 9.17) is 11.6 Å². The topological polar surface area (TPSA) is 56.7 Å². The van der Waals surface area contributed by atoms with Crippen LogP contribution in [0.1, 0.15) is 25.8 Å². The van der Waals surface area contributed by atoms with E-state index in [-0.39, 0.29) is 41.8 Å². The van der Waals surface area contributed by atoms with Crippen LogP contribution in [0.4, 0.5) is 0 Å². The molecule has 0 aromatic heterocycles. The molecular formula is C23H30ClIN4O. The number of hydrogen-bond acceptors (Lipinski definition) is 2. The molecule has 1 aliphatic heterocycles. The highest BCUT2D eigenvalue weighted by molar-refractivity contribution is 14.0. The Bertz CT molecular complexity index is 870. The molecule has 0 spiro atoms. The van der Waals surface area contributed by atoms with Crippen LogP contribution < -0.4 is 10.6 Å². The monoisotopic (exact) mass is 540 g/mol. The number of amides is 1. The molecule has 2 aromatic carbocycles. The van der Waals surface area contributed by atoms with Gasteiger partial charge in [0.2, 0.25) is 5.91 Å². The lowest BCUT2D eigenvalue weighted by atomic mass is 10.00. The number of likely N-dealkylation sites (tertiary alicyclic amines) is 1. The van der Waals surface area contributed by atoms with Crippen molar-refractivity contribution in [2.45, 2.75) is 32.9 Å². The predicted octanol–water partition coefficient (Wildman–Crippen LogP) is 4.55. The first-order valence-corrected chi connectivity index (χ1v) is 10.5. The smallest absolute Gasteiger partial charge is 0.225 e. The van der Waals surface area contributed by atoms with Gasteiger partial charge >= 0.3 is 0 Å². The number of aliphatic imine (C=N–C) groups is 1. The van der Waals surface area contributed by atoms with Crippen molar-refractivity contribution in [1.29, 1.82) is 0 Å². The maximum Gasteiger partial charge on any atom is 0.225 e. The molecule has 5 nitrogen and oxygen atoms in total. The van der Waals surface area contributed by atoms with Crippen molar-refractivity contribution in [3.63, 3.8) is 0 Å². The number of hydrogen-bond donors (Lipinski definition) is 2. The summed E-state index contributed by atoms with van der Waals surface area (Å²) in [5.41, 5.74) is 3.48. The summed E-state index contributed by atoms with van der Waals surface area (Å²) in [6, 6.07) is 16.4. The number of guanidine groups is 1. The van der Waals surface area contributed by atoms with E-state index in [0.717, 1.165) is 36.1 Å². The molecule has 30 heavy (non-hydrogen) atoms. The summed E-state index contributed by atoms with van der Waals surface area (Å²) in [5, 5.41) is 7.60. The fourth-order valence-electron chi connectivity index (χ4n) is 3.60. The molecule has 0 radical (unpaired) electrons. The SMILES string of the molecule is CN=C(NCc1ccccc1-c1ccc(Cl)cc1)NC1CCN(C(=O)C(C)C)C1.I. The molecule has 2 N–H and O–H groups in total. The minimum absolute atomic E-state index is 0. The van der Waals surface area contributed by atoms with Gasteiger partial charge in [-0.15, -0.1) is 24.0 Å². The molecule has 1 saturated heterocycles. The Balaban J connectivity index is 0.00000320. The highest BCUT2D eigenvalue weighted by Crippen LogP contribution is 2.25. The number of nitrogens with one attached hydrogen (secondary N) is 2. The number of benzene rings is 2. The molecule has 1 atom stereocenters. The molecule has 2 aromatic rings. The number of nitrogens with zero attached hydrogens (tertiary/aromatic N) is 2. The van der Waals surface area contributed by atoms with Gasteiger partial charge in [0.1, 0.15) is 0 Å². The average Bonchev–Trinajstić information content (AvgIpc) is 3.19. The van der Waals surface area contributed by atoms with E-state index in [0.29, 0.717) is 6.54 Å². The van der Waals surface area contributed by atoms with Crippen molar-refractivity contribution in [3.8, 4) is 11.1 Å². The van der Waals surface area contributed by atoms with Gasteiger partial charge < -0.3 is 15.5 Å². The predicted molar refractivity (Wildman–Crippen MR) is 135 cm³/mol. The number of halogens is 2. The van der Waals surface area contributed by atoms with Crippen molar-refractivity contribution < 1.29 is 4.79 Å². The maximum absolute atomic E-state index is 12.2. The molecule has 1 aliphatic rings. The van der Waals surface area contributed by atoms with E-state index < -0.39 is 0 Å². The molecule has 162 valence electrons. The van der Waals surface area contributed by atoms with Crippen molar-refractivity contribution in [3.05, 3.63) is 59.1 Å². The number of carbonyl (C=O) groups excluding carboxylic acids is 1. The normalized spacial score (nSPS) is 16.4. The zero-order valence-corrected chi connectivity index (χ0v) is 20.8. The summed E-state index contributed by atoms with van der Waals surface area (Å²) in [6.45, 7) is 6.06. The third-order valence-electron chi connectivity index (χ3n) is 5.18. The number of carbonyl (C=O) groups is 1. The Kier molecular flexibility index (Phi) is 9.42. The molecule has 1 amide bonds. The molecule has 1 unspecified atom stereocenters. The second kappa shape index (κ2) is 11.6. The molecule has 1 heterocycles. The Hall–Kier alpha value is -1.80. The molecule has 3 rings (SSSR count). The summed E-state index contributed by atoms with van der Waals surface area (Å²) in [7, 11) is 1.77. The van der Waals surface area contributed by atoms with Gasteiger partial charge in [-0.1, -0.05) is 61.8 Å². The third kappa shape index (κ3) is 6.35. The van der Waals surface area contributed by atoms with E-state index in [9.17, 15) is 4.79 Å². The van der Waals surface area contributed by atoms with Crippen LogP contribution in [0.2, 0.25) is 5.02 Å². The minimum atomic E-state index is 0. The van der Waals surface area contributed by atoms with Crippen LogP contribution in [0.25, 0.3) is 11.1 Å². The lowest BCUT2D eigenvalue weighted by Crippen LogP contribution is -2.45. The summed E-state index contributed by atoms with van der Waals surface area (Å²) < 4.78 is 0. The summed E-state index contributed by atoms with van der Waals surface area (Å²) in [5.74, 6) is 1.00. The van der Waals surface area contributed by atoms with Gasteiger partial charge in [0, 0.05) is 43.7 Å². The van der Waals surface area contributed by atoms with Crippen LogP contribution in [-0.4, -0.2) is 42.9 Å². The van der Waals surface area contributed by atoms with Crippen molar-refractivity contribution in [2.75, 3.05) is 20.1 Å². The first-order chi connectivity index (χ1) is 14.0. The summed E-state index contributed by atoms with van der Waals surface area (Å²) >= 11 is 6.03. The fraction of sp³-hybridized carbons (Fsp3) is 0.391. The van der Waals surface area contributed by atoms with E-state index >= 15 is 0 Å². The van der Waals surface area contributed by atoms with Crippen LogP contribution in [0, 0.1) is 5.92 Å². The highest BCUT2D eigenvalue weighted by atomic mass is 127. The van der Waals surface area contributed by atoms with Crippen LogP contribution in [0.15, 0.2) is 53.5 Å². The highest BCUT2D eigenvalue weighted by Gasteiger charge is 2.27. The lowest BCUT2D eigenvalue weighted by Gasteiger charge is -2.20. The molecule has 0 aliphatic carbocycles. The Morgan fingerprint density at radius 2 is 1.90 bits per heavy atom. The van der Waals surface area contributed by atoms with Crippen LogP contribution in [0.5, 0.6) is 0 Å². The van der Waals surface area contributed by atoms with Gasteiger partial charge in [-0.3, -0.25) is 9.79 Å².